The quantitative estimate of drug-likeness (QED) is 0.733. The second-order valence-corrected chi connectivity index (χ2v) is 3.16. The zero-order valence-corrected chi connectivity index (χ0v) is 7.62. The molecule has 0 aliphatic carbocycles. The van der Waals surface area contributed by atoms with Crippen molar-refractivity contribution in [3.63, 3.8) is 0 Å². The summed E-state index contributed by atoms with van der Waals surface area (Å²) in [6, 6.07) is 6.01. The van der Waals surface area contributed by atoms with Crippen LogP contribution in [0.15, 0.2) is 24.4 Å². The summed E-state index contributed by atoms with van der Waals surface area (Å²) >= 11 is 0. The summed E-state index contributed by atoms with van der Waals surface area (Å²) in [6.07, 6.45) is 2.81. The lowest BCUT2D eigenvalue weighted by Gasteiger charge is -2.07. The first-order valence-electron chi connectivity index (χ1n) is 4.51. The average Bonchev–Trinajstić information content (AvgIpc) is 2.63. The van der Waals surface area contributed by atoms with Gasteiger partial charge in [-0.1, -0.05) is 6.92 Å². The largest absolute Gasteiger partial charge is 0.360 e. The number of hydrogen-bond donors (Lipinski definition) is 2. The SMILES string of the molecule is CCC(N)c1ccc2[nH]ccc2n1. The molecule has 0 aliphatic heterocycles. The van der Waals surface area contributed by atoms with Gasteiger partial charge in [0.2, 0.25) is 0 Å². The van der Waals surface area contributed by atoms with Gasteiger partial charge >= 0.3 is 0 Å². The first kappa shape index (κ1) is 8.26. The third kappa shape index (κ3) is 1.42. The summed E-state index contributed by atoms with van der Waals surface area (Å²) in [5.74, 6) is 0. The van der Waals surface area contributed by atoms with E-state index in [-0.39, 0.29) is 6.04 Å². The highest BCUT2D eigenvalue weighted by molar-refractivity contribution is 5.74. The van der Waals surface area contributed by atoms with Crippen molar-refractivity contribution in [2.24, 2.45) is 5.73 Å². The van der Waals surface area contributed by atoms with Crippen molar-refractivity contribution in [3.8, 4) is 0 Å². The second kappa shape index (κ2) is 3.18. The zero-order chi connectivity index (χ0) is 9.26. The van der Waals surface area contributed by atoms with E-state index in [4.69, 9.17) is 5.73 Å². The van der Waals surface area contributed by atoms with E-state index in [0.717, 1.165) is 23.1 Å². The Hall–Kier alpha value is -1.35. The molecule has 0 fully saturated rings. The van der Waals surface area contributed by atoms with E-state index in [1.165, 1.54) is 0 Å². The number of H-pyrrole nitrogens is 1. The topological polar surface area (TPSA) is 54.7 Å². The van der Waals surface area contributed by atoms with Crippen molar-refractivity contribution in [2.75, 3.05) is 0 Å². The molecule has 13 heavy (non-hydrogen) atoms. The molecule has 3 N–H and O–H groups in total. The van der Waals surface area contributed by atoms with Gasteiger partial charge < -0.3 is 10.7 Å². The number of aromatic nitrogens is 2. The van der Waals surface area contributed by atoms with E-state index in [1.54, 1.807) is 0 Å². The number of rotatable bonds is 2. The summed E-state index contributed by atoms with van der Waals surface area (Å²) < 4.78 is 0. The number of nitrogens with zero attached hydrogens (tertiary/aromatic N) is 1. The Morgan fingerprint density at radius 1 is 1.46 bits per heavy atom. The average molecular weight is 175 g/mol. The van der Waals surface area contributed by atoms with Gasteiger partial charge in [-0.05, 0) is 24.6 Å². The van der Waals surface area contributed by atoms with Gasteiger partial charge in [0, 0.05) is 12.2 Å². The van der Waals surface area contributed by atoms with Crippen LogP contribution in [0.1, 0.15) is 25.1 Å². The Labute approximate surface area is 77.0 Å². The maximum atomic E-state index is 5.88. The second-order valence-electron chi connectivity index (χ2n) is 3.16. The number of nitrogens with one attached hydrogen (secondary N) is 1. The molecule has 1 atom stereocenters. The highest BCUT2D eigenvalue weighted by Gasteiger charge is 2.05. The predicted octanol–water partition coefficient (Wildman–Crippen LogP) is 1.97. The molecule has 0 radical (unpaired) electrons. The van der Waals surface area contributed by atoms with Gasteiger partial charge in [0.05, 0.1) is 16.7 Å². The number of aromatic amines is 1. The van der Waals surface area contributed by atoms with Gasteiger partial charge in [-0.15, -0.1) is 0 Å². The van der Waals surface area contributed by atoms with Crippen molar-refractivity contribution < 1.29 is 0 Å². The molecule has 0 saturated heterocycles. The van der Waals surface area contributed by atoms with Crippen molar-refractivity contribution in [2.45, 2.75) is 19.4 Å². The summed E-state index contributed by atoms with van der Waals surface area (Å²) in [7, 11) is 0. The van der Waals surface area contributed by atoms with E-state index in [1.807, 2.05) is 24.4 Å². The molecule has 0 saturated carbocycles. The van der Waals surface area contributed by atoms with Gasteiger partial charge in [0.15, 0.2) is 0 Å². The molecular formula is C10H13N3. The monoisotopic (exact) mass is 175 g/mol. The minimum absolute atomic E-state index is 0.0549. The molecule has 1 unspecified atom stereocenters. The van der Waals surface area contributed by atoms with E-state index < -0.39 is 0 Å². The molecule has 2 aromatic rings. The van der Waals surface area contributed by atoms with Crippen LogP contribution in [0.2, 0.25) is 0 Å². The lowest BCUT2D eigenvalue weighted by atomic mass is 10.1. The first-order valence-corrected chi connectivity index (χ1v) is 4.51. The molecule has 0 aromatic carbocycles. The summed E-state index contributed by atoms with van der Waals surface area (Å²) in [5.41, 5.74) is 8.90. The van der Waals surface area contributed by atoms with Crippen LogP contribution in [0.4, 0.5) is 0 Å². The Kier molecular flexibility index (Phi) is 2.02. The van der Waals surface area contributed by atoms with Crippen LogP contribution in [-0.4, -0.2) is 9.97 Å². The van der Waals surface area contributed by atoms with Gasteiger partial charge in [-0.2, -0.15) is 0 Å². The fourth-order valence-corrected chi connectivity index (χ4v) is 1.37. The van der Waals surface area contributed by atoms with E-state index in [2.05, 4.69) is 16.9 Å². The van der Waals surface area contributed by atoms with E-state index >= 15 is 0 Å². The third-order valence-electron chi connectivity index (χ3n) is 2.25. The molecule has 0 aliphatic rings. The van der Waals surface area contributed by atoms with Crippen LogP contribution in [0, 0.1) is 0 Å². The predicted molar refractivity (Wildman–Crippen MR) is 53.3 cm³/mol. The summed E-state index contributed by atoms with van der Waals surface area (Å²) in [5, 5.41) is 0. The highest BCUT2D eigenvalue weighted by atomic mass is 14.8. The van der Waals surface area contributed by atoms with Gasteiger partial charge in [-0.25, -0.2) is 4.98 Å². The van der Waals surface area contributed by atoms with Crippen molar-refractivity contribution in [3.05, 3.63) is 30.1 Å². The zero-order valence-electron chi connectivity index (χ0n) is 7.62. The Morgan fingerprint density at radius 3 is 3.08 bits per heavy atom. The molecule has 0 spiro atoms. The lowest BCUT2D eigenvalue weighted by molar-refractivity contribution is 0.679. The fraction of sp³-hybridized carbons (Fsp3) is 0.300. The summed E-state index contributed by atoms with van der Waals surface area (Å²) in [6.45, 7) is 2.06. The third-order valence-corrected chi connectivity index (χ3v) is 2.25. The number of nitrogens with two attached hydrogens (primary N) is 1. The highest BCUT2D eigenvalue weighted by Crippen LogP contribution is 2.15. The standard InChI is InChI=1S/C10H13N3/c1-2-7(11)8-3-4-9-10(13-8)5-6-12-9/h3-7,12H,2,11H2,1H3. The minimum Gasteiger partial charge on any atom is -0.360 e. The molecule has 0 bridgehead atoms. The van der Waals surface area contributed by atoms with Crippen LogP contribution in [0.25, 0.3) is 11.0 Å². The molecule has 3 heteroatoms. The number of pyridine rings is 1. The minimum atomic E-state index is 0.0549. The maximum absolute atomic E-state index is 5.88. The summed E-state index contributed by atoms with van der Waals surface area (Å²) in [4.78, 5) is 7.55. The van der Waals surface area contributed by atoms with Crippen molar-refractivity contribution in [1.82, 2.24) is 9.97 Å². The number of fused-ring (bicyclic) bond motifs is 1. The Morgan fingerprint density at radius 2 is 2.31 bits per heavy atom. The molecule has 2 rings (SSSR count). The molecule has 3 nitrogen and oxygen atoms in total. The molecule has 68 valence electrons. The van der Waals surface area contributed by atoms with Crippen LogP contribution in [0.3, 0.4) is 0 Å². The van der Waals surface area contributed by atoms with Crippen LogP contribution >= 0.6 is 0 Å². The van der Waals surface area contributed by atoms with Crippen LogP contribution in [0.5, 0.6) is 0 Å². The number of hydrogen-bond acceptors (Lipinski definition) is 2. The fourth-order valence-electron chi connectivity index (χ4n) is 1.37. The smallest absolute Gasteiger partial charge is 0.0882 e. The van der Waals surface area contributed by atoms with E-state index in [9.17, 15) is 0 Å². The van der Waals surface area contributed by atoms with Crippen molar-refractivity contribution in [1.29, 1.82) is 0 Å². The van der Waals surface area contributed by atoms with Gasteiger partial charge in [0.25, 0.3) is 0 Å². The van der Waals surface area contributed by atoms with Gasteiger partial charge in [-0.3, -0.25) is 0 Å². The molecule has 2 aromatic heterocycles. The molecule has 2 heterocycles. The van der Waals surface area contributed by atoms with Crippen LogP contribution in [-0.2, 0) is 0 Å². The van der Waals surface area contributed by atoms with Crippen LogP contribution < -0.4 is 5.73 Å². The normalized spacial score (nSPS) is 13.4. The Bertz CT molecular complexity index is 405. The maximum Gasteiger partial charge on any atom is 0.0882 e. The molecular weight excluding hydrogens is 162 g/mol. The first-order chi connectivity index (χ1) is 6.31. The Balaban J connectivity index is 2.48. The van der Waals surface area contributed by atoms with Crippen molar-refractivity contribution >= 4 is 11.0 Å². The lowest BCUT2D eigenvalue weighted by Crippen LogP contribution is -2.10. The molecule has 0 amide bonds. The van der Waals surface area contributed by atoms with E-state index in [0.29, 0.717) is 0 Å². The van der Waals surface area contributed by atoms with Gasteiger partial charge in [0.1, 0.15) is 0 Å².